The van der Waals surface area contributed by atoms with Crippen LogP contribution in [-0.2, 0) is 24.4 Å². The Balaban J connectivity index is 1.13. The number of amides is 2. The van der Waals surface area contributed by atoms with Crippen LogP contribution in [0.1, 0.15) is 59.9 Å². The van der Waals surface area contributed by atoms with Crippen molar-refractivity contribution in [3.8, 4) is 5.75 Å². The summed E-state index contributed by atoms with van der Waals surface area (Å²) in [7, 11) is 0. The second-order valence-corrected chi connectivity index (χ2v) is 11.4. The van der Waals surface area contributed by atoms with Crippen molar-refractivity contribution in [3.63, 3.8) is 0 Å². The monoisotopic (exact) mass is 597 g/mol. The summed E-state index contributed by atoms with van der Waals surface area (Å²) in [5.41, 5.74) is 2.35. The predicted molar refractivity (Wildman–Crippen MR) is 155 cm³/mol. The van der Waals surface area contributed by atoms with Crippen LogP contribution in [0.5, 0.6) is 5.75 Å². The fourth-order valence-electron chi connectivity index (χ4n) is 4.99. The highest BCUT2D eigenvalue weighted by atomic mass is 35.5. The van der Waals surface area contributed by atoms with Crippen molar-refractivity contribution < 1.29 is 23.8 Å². The first-order valence-electron chi connectivity index (χ1n) is 14.1. The van der Waals surface area contributed by atoms with Crippen molar-refractivity contribution in [2.75, 3.05) is 38.0 Å². The SMILES string of the molecule is CC(=O)N1CC(Nc2cc(C(=O)NCC(O)CN3CCc4c(ccc(OCc5cnco5)c4Cl)C3)nc(C(C)C)n2)C1. The molecule has 0 bridgehead atoms. The molecule has 13 heteroatoms. The number of benzene rings is 1. The summed E-state index contributed by atoms with van der Waals surface area (Å²) >= 11 is 6.65. The highest BCUT2D eigenvalue weighted by Gasteiger charge is 2.29. The quantitative estimate of drug-likeness (QED) is 0.301. The van der Waals surface area contributed by atoms with Crippen LogP contribution in [0.15, 0.2) is 35.2 Å². The summed E-state index contributed by atoms with van der Waals surface area (Å²) in [4.78, 5) is 41.2. The van der Waals surface area contributed by atoms with Crippen LogP contribution >= 0.6 is 11.6 Å². The van der Waals surface area contributed by atoms with Gasteiger partial charge in [-0.05, 0) is 23.6 Å². The van der Waals surface area contributed by atoms with Gasteiger partial charge >= 0.3 is 0 Å². The summed E-state index contributed by atoms with van der Waals surface area (Å²) in [5, 5.41) is 17.4. The number of oxazole rings is 1. The standard InChI is InChI=1S/C29H36ClN7O5/c1-17(2)28-34-24(8-26(35-28)33-20-12-37(13-20)18(3)38)29(40)32-9-21(39)14-36-7-6-23-19(11-36)4-5-25(27(23)30)41-15-22-10-31-16-42-22/h4-5,8,10,16-17,20-21,39H,6-7,9,11-15H2,1-3H3,(H,32,40)(H,33,34,35). The van der Waals surface area contributed by atoms with Crippen molar-refractivity contribution in [2.24, 2.45) is 0 Å². The average molecular weight is 598 g/mol. The van der Waals surface area contributed by atoms with Gasteiger partial charge in [0.05, 0.1) is 23.4 Å². The number of β-amino-alcohol motifs (C(OH)–C–C–N with tert-alkyl or cyclic N) is 1. The number of nitrogens with zero attached hydrogens (tertiary/aromatic N) is 5. The average Bonchev–Trinajstić information content (AvgIpc) is 3.46. The molecule has 1 aromatic carbocycles. The molecule has 1 unspecified atom stereocenters. The Morgan fingerprint density at radius 1 is 1.26 bits per heavy atom. The van der Waals surface area contributed by atoms with E-state index in [2.05, 4.69) is 30.5 Å². The second kappa shape index (κ2) is 13.1. The molecule has 0 aliphatic carbocycles. The Morgan fingerprint density at radius 3 is 2.79 bits per heavy atom. The number of carbonyl (C=O) groups is 2. The van der Waals surface area contributed by atoms with E-state index in [0.717, 1.165) is 11.1 Å². The molecule has 0 radical (unpaired) electrons. The van der Waals surface area contributed by atoms with Crippen molar-refractivity contribution in [3.05, 3.63) is 64.2 Å². The van der Waals surface area contributed by atoms with Crippen LogP contribution in [0, 0.1) is 0 Å². The normalized spacial score (nSPS) is 16.1. The highest BCUT2D eigenvalue weighted by Crippen LogP contribution is 2.34. The summed E-state index contributed by atoms with van der Waals surface area (Å²) in [6.45, 7) is 8.71. The predicted octanol–water partition coefficient (Wildman–Crippen LogP) is 2.61. The molecule has 4 heterocycles. The minimum absolute atomic E-state index is 0.0189. The number of fused-ring (bicyclic) bond motifs is 1. The van der Waals surface area contributed by atoms with Crippen LogP contribution in [0.25, 0.3) is 0 Å². The molecule has 3 aromatic rings. The topological polar surface area (TPSA) is 146 Å². The summed E-state index contributed by atoms with van der Waals surface area (Å²) < 4.78 is 11.0. The van der Waals surface area contributed by atoms with Gasteiger partial charge in [0.15, 0.2) is 12.2 Å². The molecule has 3 N–H and O–H groups in total. The summed E-state index contributed by atoms with van der Waals surface area (Å²) in [6.07, 6.45) is 2.90. The molecule has 5 rings (SSSR count). The number of hydrogen-bond acceptors (Lipinski definition) is 10. The van der Waals surface area contributed by atoms with Gasteiger partial charge in [0.1, 0.15) is 29.7 Å². The molecule has 224 valence electrons. The molecular formula is C29H36ClN7O5. The van der Waals surface area contributed by atoms with Crippen molar-refractivity contribution in [1.82, 2.24) is 30.1 Å². The number of ether oxygens (including phenoxy) is 1. The van der Waals surface area contributed by atoms with E-state index in [1.165, 1.54) is 6.39 Å². The van der Waals surface area contributed by atoms with Gasteiger partial charge in [-0.25, -0.2) is 15.0 Å². The number of aliphatic hydroxyl groups excluding tert-OH is 1. The van der Waals surface area contributed by atoms with Crippen molar-refractivity contribution in [1.29, 1.82) is 0 Å². The number of likely N-dealkylation sites (tertiary alicyclic amines) is 1. The zero-order valence-corrected chi connectivity index (χ0v) is 24.7. The van der Waals surface area contributed by atoms with E-state index in [-0.39, 0.29) is 42.6 Å². The molecular weight excluding hydrogens is 562 g/mol. The molecule has 0 saturated carbocycles. The van der Waals surface area contributed by atoms with Crippen LogP contribution in [0.3, 0.4) is 0 Å². The Hall–Kier alpha value is -3.74. The minimum atomic E-state index is -0.771. The highest BCUT2D eigenvalue weighted by molar-refractivity contribution is 6.33. The number of anilines is 1. The lowest BCUT2D eigenvalue weighted by Gasteiger charge is -2.39. The maximum absolute atomic E-state index is 13.0. The molecule has 42 heavy (non-hydrogen) atoms. The first kappa shape index (κ1) is 29.7. The molecule has 0 spiro atoms. The number of carbonyl (C=O) groups excluding carboxylic acids is 2. The largest absolute Gasteiger partial charge is 0.484 e. The van der Waals surface area contributed by atoms with Gasteiger partial charge < -0.3 is 29.8 Å². The van der Waals surface area contributed by atoms with Gasteiger partial charge in [-0.3, -0.25) is 14.5 Å². The molecule has 2 aromatic heterocycles. The number of aromatic nitrogens is 3. The summed E-state index contributed by atoms with van der Waals surface area (Å²) in [5.74, 6) is 1.98. The maximum Gasteiger partial charge on any atom is 0.270 e. The lowest BCUT2D eigenvalue weighted by molar-refractivity contribution is -0.132. The van der Waals surface area contributed by atoms with Crippen LogP contribution in [-0.4, -0.2) is 86.5 Å². The number of hydrogen-bond donors (Lipinski definition) is 3. The number of aliphatic hydroxyl groups is 1. The molecule has 2 aliphatic heterocycles. The summed E-state index contributed by atoms with van der Waals surface area (Å²) in [6, 6.07) is 5.52. The van der Waals surface area contributed by atoms with E-state index in [9.17, 15) is 14.7 Å². The first-order chi connectivity index (χ1) is 20.2. The molecule has 2 aliphatic rings. The number of nitrogens with one attached hydrogen (secondary N) is 2. The number of halogens is 1. The molecule has 2 amide bonds. The van der Waals surface area contributed by atoms with Gasteiger partial charge in [0, 0.05) is 58.2 Å². The third kappa shape index (κ3) is 7.18. The Kier molecular flexibility index (Phi) is 9.24. The van der Waals surface area contributed by atoms with E-state index >= 15 is 0 Å². The Labute approximate surface area is 249 Å². The lowest BCUT2D eigenvalue weighted by Crippen LogP contribution is -2.56. The zero-order chi connectivity index (χ0) is 29.8. The van der Waals surface area contributed by atoms with E-state index in [1.54, 1.807) is 24.1 Å². The van der Waals surface area contributed by atoms with Gasteiger partial charge in [-0.2, -0.15) is 0 Å². The van der Waals surface area contributed by atoms with Crippen LogP contribution < -0.4 is 15.4 Å². The molecule has 1 saturated heterocycles. The van der Waals surface area contributed by atoms with Gasteiger partial charge in [-0.1, -0.05) is 31.5 Å². The van der Waals surface area contributed by atoms with E-state index in [0.29, 0.717) is 67.3 Å². The smallest absolute Gasteiger partial charge is 0.270 e. The first-order valence-corrected chi connectivity index (χ1v) is 14.4. The zero-order valence-electron chi connectivity index (χ0n) is 24.0. The Bertz CT molecular complexity index is 1410. The Morgan fingerprint density at radius 2 is 2.07 bits per heavy atom. The van der Waals surface area contributed by atoms with Crippen LogP contribution in [0.2, 0.25) is 5.02 Å². The molecule has 1 atom stereocenters. The lowest BCUT2D eigenvalue weighted by atomic mass is 9.99. The van der Waals surface area contributed by atoms with Crippen molar-refractivity contribution in [2.45, 2.75) is 58.4 Å². The van der Waals surface area contributed by atoms with Gasteiger partial charge in [0.25, 0.3) is 5.91 Å². The van der Waals surface area contributed by atoms with E-state index < -0.39 is 6.10 Å². The van der Waals surface area contributed by atoms with Crippen molar-refractivity contribution >= 4 is 29.2 Å². The van der Waals surface area contributed by atoms with Gasteiger partial charge in [0.2, 0.25) is 5.91 Å². The number of rotatable bonds is 11. The van der Waals surface area contributed by atoms with Gasteiger partial charge in [-0.15, -0.1) is 0 Å². The van der Waals surface area contributed by atoms with Crippen LogP contribution in [0.4, 0.5) is 5.82 Å². The molecule has 1 fully saturated rings. The fraction of sp³-hybridized carbons (Fsp3) is 0.483. The molecule has 12 nitrogen and oxygen atoms in total. The minimum Gasteiger partial charge on any atom is -0.484 e. The maximum atomic E-state index is 13.0. The van der Waals surface area contributed by atoms with E-state index in [4.69, 9.17) is 20.8 Å². The third-order valence-corrected chi connectivity index (χ3v) is 7.78. The third-order valence-electron chi connectivity index (χ3n) is 7.37. The fourth-order valence-corrected chi connectivity index (χ4v) is 5.33. The van der Waals surface area contributed by atoms with E-state index in [1.807, 2.05) is 26.0 Å². The second-order valence-electron chi connectivity index (χ2n) is 11.0.